The Bertz CT molecular complexity index is 1600. The topological polar surface area (TPSA) is 135 Å². The lowest BCUT2D eigenvalue weighted by atomic mass is 9.98. The van der Waals surface area contributed by atoms with Crippen LogP contribution in [0.5, 0.6) is 0 Å². The third kappa shape index (κ3) is 11.5. The van der Waals surface area contributed by atoms with Crippen molar-refractivity contribution in [2.45, 2.75) is 115 Å². The first kappa shape index (κ1) is 38.1. The number of hydrogen-bond acceptors (Lipinski definition) is 8. The molecule has 3 aromatic rings. The highest BCUT2D eigenvalue weighted by Crippen LogP contribution is 2.39. The summed E-state index contributed by atoms with van der Waals surface area (Å²) in [6.45, 7) is 7.45. The zero-order valence-corrected chi connectivity index (χ0v) is 30.0. The van der Waals surface area contributed by atoms with Gasteiger partial charge in [-0.2, -0.15) is 0 Å². The number of amides is 1. The number of unbranched alkanes of at least 4 members (excludes halogenated alkanes) is 2. The zero-order chi connectivity index (χ0) is 36.4. The molecule has 0 spiro atoms. The summed E-state index contributed by atoms with van der Waals surface area (Å²) in [7, 11) is 0. The molecule has 0 unspecified atom stereocenters. The van der Waals surface area contributed by atoms with E-state index in [-0.39, 0.29) is 43.2 Å². The summed E-state index contributed by atoms with van der Waals surface area (Å²) in [5.74, 6) is -1.04. The second-order valence-electron chi connectivity index (χ2n) is 14.6. The number of hydrogen-bond donors (Lipinski definition) is 3. The maximum atomic E-state index is 13.1. The molecule has 51 heavy (non-hydrogen) atoms. The number of nitrogens with one attached hydrogen (secondary N) is 1. The normalized spacial score (nSPS) is 20.9. The Morgan fingerprint density at radius 2 is 1.61 bits per heavy atom. The molecule has 0 aromatic heterocycles. The van der Waals surface area contributed by atoms with Crippen molar-refractivity contribution < 1.29 is 38.8 Å². The Kier molecular flexibility index (Phi) is 13.4. The van der Waals surface area contributed by atoms with Crippen LogP contribution in [0.25, 0.3) is 11.1 Å². The third-order valence-electron chi connectivity index (χ3n) is 9.32. The van der Waals surface area contributed by atoms with Gasteiger partial charge < -0.3 is 29.7 Å². The van der Waals surface area contributed by atoms with Crippen LogP contribution in [0.2, 0.25) is 0 Å². The van der Waals surface area contributed by atoms with Crippen LogP contribution >= 0.6 is 0 Å². The van der Waals surface area contributed by atoms with Crippen molar-refractivity contribution >= 4 is 17.8 Å². The molecule has 5 rings (SSSR count). The molecule has 1 amide bonds. The predicted molar refractivity (Wildman–Crippen MR) is 193 cm³/mol. The minimum Gasteiger partial charge on any atom is -0.481 e. The Morgan fingerprint density at radius 3 is 2.31 bits per heavy atom. The van der Waals surface area contributed by atoms with E-state index in [0.29, 0.717) is 45.2 Å². The monoisotopic (exact) mass is 700 g/mol. The van der Waals surface area contributed by atoms with Crippen molar-refractivity contribution in [2.24, 2.45) is 0 Å². The molecule has 10 heteroatoms. The van der Waals surface area contributed by atoms with Crippen molar-refractivity contribution in [3.63, 3.8) is 0 Å². The first-order chi connectivity index (χ1) is 24.5. The number of aliphatic hydroxyl groups is 1. The fraction of sp³-hybridized carbons (Fsp3) is 0.488. The van der Waals surface area contributed by atoms with Gasteiger partial charge in [0.05, 0.1) is 18.8 Å². The highest BCUT2D eigenvalue weighted by molar-refractivity contribution is 5.77. The number of esters is 1. The van der Waals surface area contributed by atoms with Crippen LogP contribution in [-0.4, -0.2) is 63.8 Å². The van der Waals surface area contributed by atoms with E-state index in [0.717, 1.165) is 52.8 Å². The summed E-state index contributed by atoms with van der Waals surface area (Å²) in [4.78, 5) is 38.3. The lowest BCUT2D eigenvalue weighted by Crippen LogP contribution is -2.45. The molecule has 3 N–H and O–H groups in total. The van der Waals surface area contributed by atoms with E-state index in [2.05, 4.69) is 16.3 Å². The minimum absolute atomic E-state index is 0.0251. The molecule has 2 saturated heterocycles. The molecule has 0 bridgehead atoms. The zero-order valence-electron chi connectivity index (χ0n) is 30.0. The van der Waals surface area contributed by atoms with Gasteiger partial charge in [-0.05, 0) is 86.9 Å². The molecular formula is C41H52N2O8. The number of aliphatic carboxylic acids is 1. The summed E-state index contributed by atoms with van der Waals surface area (Å²) in [5.41, 5.74) is 5.21. The number of ether oxygens (including phenoxy) is 3. The first-order valence-electron chi connectivity index (χ1n) is 18.1. The summed E-state index contributed by atoms with van der Waals surface area (Å²) in [6, 6.07) is 23.7. The number of carbonyl (C=O) groups excluding carboxylic acids is 2. The van der Waals surface area contributed by atoms with E-state index in [9.17, 15) is 19.5 Å². The quantitative estimate of drug-likeness (QED) is 0.115. The van der Waals surface area contributed by atoms with Gasteiger partial charge in [0.1, 0.15) is 11.6 Å². The van der Waals surface area contributed by atoms with Crippen LogP contribution in [0.15, 0.2) is 72.8 Å². The summed E-state index contributed by atoms with van der Waals surface area (Å²) >= 11 is 0. The molecule has 2 fully saturated rings. The number of carboxylic acids is 1. The number of nitrogens with zero attached hydrogens (tertiary/aromatic N) is 1. The van der Waals surface area contributed by atoms with Gasteiger partial charge in [-0.25, -0.2) is 0 Å². The van der Waals surface area contributed by atoms with Gasteiger partial charge in [-0.1, -0.05) is 73.2 Å². The summed E-state index contributed by atoms with van der Waals surface area (Å²) in [5, 5.41) is 21.3. The number of carbonyl (C=O) groups is 3. The molecule has 2 aliphatic heterocycles. The molecule has 3 aromatic carbocycles. The van der Waals surface area contributed by atoms with Crippen molar-refractivity contribution in [2.75, 3.05) is 13.1 Å². The Balaban J connectivity index is 1.25. The Morgan fingerprint density at radius 1 is 0.882 bits per heavy atom. The number of rotatable bonds is 15. The fourth-order valence-corrected chi connectivity index (χ4v) is 6.70. The van der Waals surface area contributed by atoms with E-state index in [4.69, 9.17) is 19.3 Å². The van der Waals surface area contributed by atoms with Gasteiger partial charge in [0.2, 0.25) is 5.91 Å². The maximum Gasteiger partial charge on any atom is 0.323 e. The molecule has 2 heterocycles. The van der Waals surface area contributed by atoms with E-state index in [1.165, 1.54) is 0 Å². The van der Waals surface area contributed by atoms with E-state index >= 15 is 0 Å². The maximum absolute atomic E-state index is 13.1. The summed E-state index contributed by atoms with van der Waals surface area (Å²) < 4.78 is 18.9. The fourth-order valence-electron chi connectivity index (χ4n) is 6.70. The van der Waals surface area contributed by atoms with Crippen molar-refractivity contribution in [1.29, 1.82) is 0 Å². The Hall–Kier alpha value is -4.09. The molecule has 0 aliphatic carbocycles. The van der Waals surface area contributed by atoms with Gasteiger partial charge >= 0.3 is 11.9 Å². The standard InChI is InChI=1S/C41H52N2O8/c1-41(2,3)51-39(48)35-11-8-22-43(35)26-34-24-36(31-16-14-28(27-44)15-17-31)50-40(49-34)32-20-18-30(19-21-32)33-10-7-9-29(23-33)25-42-37(45)12-5-4-6-13-38(46)47/h7,9-10,14-21,23,34-36,40,44H,4-6,8,11-13,22,24-27H2,1-3H3,(H,42,45)(H,46,47)/t34-,35+,36+,40+/m1/s1. The second-order valence-corrected chi connectivity index (χ2v) is 14.6. The van der Waals surface area contributed by atoms with Gasteiger partial charge in [0.25, 0.3) is 0 Å². The number of likely N-dealkylation sites (tertiary alicyclic amines) is 1. The molecule has 10 nitrogen and oxygen atoms in total. The lowest BCUT2D eigenvalue weighted by Gasteiger charge is -2.38. The molecule has 274 valence electrons. The molecule has 0 saturated carbocycles. The van der Waals surface area contributed by atoms with E-state index in [1.54, 1.807) is 0 Å². The number of carboxylic acid groups (broad SMARTS) is 1. The van der Waals surface area contributed by atoms with E-state index in [1.807, 2.05) is 87.5 Å². The second kappa shape index (κ2) is 17.9. The van der Waals surface area contributed by atoms with E-state index < -0.39 is 17.9 Å². The average molecular weight is 701 g/mol. The highest BCUT2D eigenvalue weighted by Gasteiger charge is 2.39. The highest BCUT2D eigenvalue weighted by atomic mass is 16.7. The lowest BCUT2D eigenvalue weighted by molar-refractivity contribution is -0.253. The van der Waals surface area contributed by atoms with Crippen molar-refractivity contribution in [1.82, 2.24) is 10.2 Å². The van der Waals surface area contributed by atoms with Gasteiger partial charge in [-0.3, -0.25) is 19.3 Å². The van der Waals surface area contributed by atoms with Crippen LogP contribution in [0.1, 0.15) is 107 Å². The predicted octanol–water partition coefficient (Wildman–Crippen LogP) is 6.85. The van der Waals surface area contributed by atoms with Crippen LogP contribution < -0.4 is 5.32 Å². The Labute approximate surface area is 301 Å². The average Bonchev–Trinajstić information content (AvgIpc) is 3.58. The van der Waals surface area contributed by atoms with Crippen molar-refractivity contribution in [3.8, 4) is 11.1 Å². The summed E-state index contributed by atoms with van der Waals surface area (Å²) in [6.07, 6.45) is 3.75. The third-order valence-corrected chi connectivity index (χ3v) is 9.32. The van der Waals surface area contributed by atoms with Gasteiger partial charge in [-0.15, -0.1) is 0 Å². The van der Waals surface area contributed by atoms with Crippen LogP contribution in [0.3, 0.4) is 0 Å². The molecule has 0 radical (unpaired) electrons. The number of aliphatic hydroxyl groups excluding tert-OH is 1. The number of benzene rings is 3. The van der Waals surface area contributed by atoms with Crippen LogP contribution in [0.4, 0.5) is 0 Å². The van der Waals surface area contributed by atoms with Crippen LogP contribution in [0, 0.1) is 0 Å². The minimum atomic E-state index is -0.808. The largest absolute Gasteiger partial charge is 0.481 e. The molecule has 2 aliphatic rings. The smallest absolute Gasteiger partial charge is 0.323 e. The molecule has 4 atom stereocenters. The van der Waals surface area contributed by atoms with Crippen LogP contribution in [-0.2, 0) is 41.7 Å². The SMILES string of the molecule is CC(C)(C)OC(=O)[C@@H]1CCCN1C[C@H]1C[C@@H](c2ccc(CO)cc2)O[C@@H](c2ccc(-c3cccc(CNC(=O)CCCCCC(=O)O)c3)cc2)O1. The molecular weight excluding hydrogens is 648 g/mol. The van der Waals surface area contributed by atoms with Crippen molar-refractivity contribution in [3.05, 3.63) is 95.1 Å². The van der Waals surface area contributed by atoms with Gasteiger partial charge in [0, 0.05) is 37.9 Å². The van der Waals surface area contributed by atoms with Gasteiger partial charge in [0.15, 0.2) is 6.29 Å². The first-order valence-corrected chi connectivity index (χ1v) is 18.1.